The minimum absolute atomic E-state index is 0.0176. The molecule has 0 atom stereocenters. The fourth-order valence-corrected chi connectivity index (χ4v) is 2.28. The predicted molar refractivity (Wildman–Crippen MR) is 81.6 cm³/mol. The lowest BCUT2D eigenvalue weighted by atomic mass is 10.1. The second kappa shape index (κ2) is 8.04. The first kappa shape index (κ1) is 16.7. The maximum Gasteiger partial charge on any atom is 0.307 e. The molecule has 0 radical (unpaired) electrons. The molecule has 0 aliphatic heterocycles. The summed E-state index contributed by atoms with van der Waals surface area (Å²) in [6.07, 6.45) is 0.211. The second-order valence-electron chi connectivity index (χ2n) is 4.63. The maximum absolute atomic E-state index is 12.5. The zero-order valence-corrected chi connectivity index (χ0v) is 13.6. The van der Waals surface area contributed by atoms with Gasteiger partial charge in [-0.05, 0) is 48.8 Å². The van der Waals surface area contributed by atoms with Crippen molar-refractivity contribution >= 4 is 27.8 Å². The molecule has 0 heterocycles. The van der Waals surface area contributed by atoms with Crippen LogP contribution in [0.25, 0.3) is 0 Å². The smallest absolute Gasteiger partial charge is 0.307 e. The first-order valence-electron chi connectivity index (χ1n) is 6.68. The monoisotopic (exact) mass is 341 g/mol. The van der Waals surface area contributed by atoms with E-state index < -0.39 is 0 Å². The molecule has 0 fully saturated rings. The van der Waals surface area contributed by atoms with Crippen molar-refractivity contribution in [1.82, 2.24) is 4.90 Å². The summed E-state index contributed by atoms with van der Waals surface area (Å²) < 4.78 is 5.65. The third-order valence-corrected chi connectivity index (χ3v) is 3.54. The van der Waals surface area contributed by atoms with Crippen LogP contribution in [0.15, 0.2) is 28.7 Å². The van der Waals surface area contributed by atoms with Crippen LogP contribution in [0.1, 0.15) is 37.6 Å². The van der Waals surface area contributed by atoms with Gasteiger partial charge in [-0.2, -0.15) is 0 Å². The fraction of sp³-hybridized carbons (Fsp3) is 0.467. The van der Waals surface area contributed by atoms with Crippen LogP contribution in [0.3, 0.4) is 0 Å². The number of nitrogens with zero attached hydrogens (tertiary/aromatic N) is 1. The van der Waals surface area contributed by atoms with Crippen molar-refractivity contribution < 1.29 is 14.3 Å². The molecule has 1 aromatic rings. The molecule has 0 N–H and O–H groups in total. The van der Waals surface area contributed by atoms with Gasteiger partial charge in [0.15, 0.2) is 0 Å². The Morgan fingerprint density at radius 3 is 2.50 bits per heavy atom. The third-order valence-electron chi connectivity index (χ3n) is 2.85. The topological polar surface area (TPSA) is 46.6 Å². The Bertz CT molecular complexity index is 474. The average Bonchev–Trinajstić information content (AvgIpc) is 2.39. The number of carbonyl (C=O) groups is 2. The van der Waals surface area contributed by atoms with E-state index in [1.54, 1.807) is 17.9 Å². The van der Waals surface area contributed by atoms with Crippen LogP contribution in [0, 0.1) is 0 Å². The van der Waals surface area contributed by atoms with E-state index in [0.717, 1.165) is 4.47 Å². The van der Waals surface area contributed by atoms with E-state index >= 15 is 0 Å². The number of benzene rings is 1. The van der Waals surface area contributed by atoms with Gasteiger partial charge in [0, 0.05) is 17.1 Å². The number of rotatable bonds is 6. The Labute approximate surface area is 128 Å². The van der Waals surface area contributed by atoms with Gasteiger partial charge in [0.1, 0.15) is 0 Å². The molecule has 20 heavy (non-hydrogen) atoms. The Kier molecular flexibility index (Phi) is 6.71. The molecule has 1 aromatic carbocycles. The number of amides is 1. The Balaban J connectivity index is 2.79. The Morgan fingerprint density at radius 2 is 1.95 bits per heavy atom. The van der Waals surface area contributed by atoms with E-state index in [4.69, 9.17) is 4.74 Å². The van der Waals surface area contributed by atoms with Crippen molar-refractivity contribution in [3.8, 4) is 0 Å². The summed E-state index contributed by atoms with van der Waals surface area (Å²) in [5, 5.41) is 0. The number of hydrogen-bond donors (Lipinski definition) is 0. The van der Waals surface area contributed by atoms with Crippen molar-refractivity contribution in [1.29, 1.82) is 0 Å². The van der Waals surface area contributed by atoms with Crippen molar-refractivity contribution in [3.05, 3.63) is 34.3 Å². The molecular formula is C15H20BrNO3. The normalized spacial score (nSPS) is 10.4. The van der Waals surface area contributed by atoms with Gasteiger partial charge >= 0.3 is 5.97 Å². The largest absolute Gasteiger partial charge is 0.466 e. The van der Waals surface area contributed by atoms with Gasteiger partial charge in [-0.15, -0.1) is 0 Å². The summed E-state index contributed by atoms with van der Waals surface area (Å²) >= 11 is 3.38. The van der Waals surface area contributed by atoms with Gasteiger partial charge in [0.05, 0.1) is 18.6 Å². The van der Waals surface area contributed by atoms with Crippen molar-refractivity contribution in [2.24, 2.45) is 0 Å². The van der Waals surface area contributed by atoms with Gasteiger partial charge in [-0.3, -0.25) is 9.59 Å². The molecule has 0 bridgehead atoms. The highest BCUT2D eigenvalue weighted by molar-refractivity contribution is 9.10. The van der Waals surface area contributed by atoms with Crippen LogP contribution in [0.2, 0.25) is 0 Å². The van der Waals surface area contributed by atoms with E-state index in [1.165, 1.54) is 0 Å². The predicted octanol–water partition coefficient (Wildman–Crippen LogP) is 3.25. The van der Waals surface area contributed by atoms with Crippen molar-refractivity contribution in [3.63, 3.8) is 0 Å². The highest BCUT2D eigenvalue weighted by atomic mass is 79.9. The lowest BCUT2D eigenvalue weighted by molar-refractivity contribution is -0.143. The third kappa shape index (κ3) is 4.63. The molecular weight excluding hydrogens is 322 g/mol. The second-order valence-corrected chi connectivity index (χ2v) is 5.48. The molecule has 4 nitrogen and oxygen atoms in total. The summed E-state index contributed by atoms with van der Waals surface area (Å²) in [7, 11) is 0. The summed E-state index contributed by atoms with van der Waals surface area (Å²) in [4.78, 5) is 25.6. The molecule has 0 aliphatic carbocycles. The number of hydrogen-bond acceptors (Lipinski definition) is 3. The van der Waals surface area contributed by atoms with Gasteiger partial charge in [-0.1, -0.05) is 12.1 Å². The van der Waals surface area contributed by atoms with Gasteiger partial charge in [0.2, 0.25) is 0 Å². The van der Waals surface area contributed by atoms with Gasteiger partial charge < -0.3 is 9.64 Å². The molecule has 5 heteroatoms. The summed E-state index contributed by atoms with van der Waals surface area (Å²) in [5.41, 5.74) is 0.602. The highest BCUT2D eigenvalue weighted by Crippen LogP contribution is 2.19. The minimum Gasteiger partial charge on any atom is -0.466 e. The number of halogens is 1. The first-order chi connectivity index (χ1) is 9.47. The fourth-order valence-electron chi connectivity index (χ4n) is 1.83. The number of carbonyl (C=O) groups excluding carboxylic acids is 2. The van der Waals surface area contributed by atoms with Crippen molar-refractivity contribution in [2.75, 3.05) is 13.2 Å². The minimum atomic E-state index is -0.280. The van der Waals surface area contributed by atoms with E-state index in [1.807, 2.05) is 32.0 Å². The van der Waals surface area contributed by atoms with Crippen LogP contribution < -0.4 is 0 Å². The zero-order chi connectivity index (χ0) is 15.1. The zero-order valence-electron chi connectivity index (χ0n) is 12.1. The lowest BCUT2D eigenvalue weighted by Gasteiger charge is -2.27. The summed E-state index contributed by atoms with van der Waals surface area (Å²) in [6.45, 7) is 6.35. The molecule has 0 saturated heterocycles. The quantitative estimate of drug-likeness (QED) is 0.746. The molecule has 0 aromatic heterocycles. The van der Waals surface area contributed by atoms with Crippen LogP contribution in [0.5, 0.6) is 0 Å². The average molecular weight is 342 g/mol. The van der Waals surface area contributed by atoms with Gasteiger partial charge in [-0.25, -0.2) is 0 Å². The first-order valence-corrected chi connectivity index (χ1v) is 7.47. The Hall–Kier alpha value is -1.36. The molecule has 0 saturated carbocycles. The van der Waals surface area contributed by atoms with Crippen LogP contribution in [-0.2, 0) is 9.53 Å². The molecule has 0 unspecified atom stereocenters. The SMILES string of the molecule is CCOC(=O)CCN(C(=O)c1ccccc1Br)C(C)C. The van der Waals surface area contributed by atoms with Crippen molar-refractivity contribution in [2.45, 2.75) is 33.2 Å². The van der Waals surface area contributed by atoms with Crippen LogP contribution in [-0.4, -0.2) is 36.0 Å². The number of ether oxygens (including phenoxy) is 1. The molecule has 1 amide bonds. The Morgan fingerprint density at radius 1 is 1.30 bits per heavy atom. The summed E-state index contributed by atoms with van der Waals surface area (Å²) in [5.74, 6) is -0.366. The van der Waals surface area contributed by atoms with Crippen LogP contribution in [0.4, 0.5) is 0 Å². The number of esters is 1. The molecule has 110 valence electrons. The standard InChI is InChI=1S/C15H20BrNO3/c1-4-20-14(18)9-10-17(11(2)3)15(19)12-7-5-6-8-13(12)16/h5-8,11H,4,9-10H2,1-3H3. The molecule has 0 aliphatic rings. The maximum atomic E-state index is 12.5. The van der Waals surface area contributed by atoms with Crippen LogP contribution >= 0.6 is 15.9 Å². The van der Waals surface area contributed by atoms with E-state index in [2.05, 4.69) is 15.9 Å². The molecule has 0 spiro atoms. The van der Waals surface area contributed by atoms with Gasteiger partial charge in [0.25, 0.3) is 5.91 Å². The molecule has 1 rings (SSSR count). The highest BCUT2D eigenvalue weighted by Gasteiger charge is 2.21. The van der Waals surface area contributed by atoms with E-state index in [9.17, 15) is 9.59 Å². The van der Waals surface area contributed by atoms with E-state index in [0.29, 0.717) is 18.7 Å². The van der Waals surface area contributed by atoms with E-state index in [-0.39, 0.29) is 24.3 Å². The lowest BCUT2D eigenvalue weighted by Crippen LogP contribution is -2.38. The summed E-state index contributed by atoms with van der Waals surface area (Å²) in [6, 6.07) is 7.30.